The number of nitrogens with zero attached hydrogens (tertiary/aromatic N) is 3. The molecule has 0 saturated heterocycles. The van der Waals surface area contributed by atoms with Gasteiger partial charge in [0.05, 0.1) is 5.69 Å². The van der Waals surface area contributed by atoms with Crippen LogP contribution in [0.5, 0.6) is 0 Å². The first-order valence-electron chi connectivity index (χ1n) is 7.04. The minimum atomic E-state index is -0.182. The summed E-state index contributed by atoms with van der Waals surface area (Å²) in [6, 6.07) is 5.00. The van der Waals surface area contributed by atoms with Crippen LogP contribution in [0.15, 0.2) is 30.6 Å². The van der Waals surface area contributed by atoms with Gasteiger partial charge in [0.2, 0.25) is 0 Å². The van der Waals surface area contributed by atoms with Crippen molar-refractivity contribution < 1.29 is 4.39 Å². The van der Waals surface area contributed by atoms with E-state index in [-0.39, 0.29) is 5.82 Å². The van der Waals surface area contributed by atoms with Crippen molar-refractivity contribution in [3.8, 4) is 0 Å². The molecule has 0 saturated carbocycles. The van der Waals surface area contributed by atoms with Gasteiger partial charge < -0.3 is 5.73 Å². The van der Waals surface area contributed by atoms with Crippen molar-refractivity contribution in [3.05, 3.63) is 53.2 Å². The van der Waals surface area contributed by atoms with Gasteiger partial charge in [0.15, 0.2) is 5.13 Å². The fourth-order valence-electron chi connectivity index (χ4n) is 2.86. The van der Waals surface area contributed by atoms with Crippen LogP contribution >= 0.6 is 11.3 Å². The summed E-state index contributed by atoms with van der Waals surface area (Å²) in [4.78, 5) is 13.8. The molecule has 0 unspecified atom stereocenters. The van der Waals surface area contributed by atoms with Crippen molar-refractivity contribution in [3.63, 3.8) is 0 Å². The number of hydrogen-bond donors (Lipinski definition) is 1. The molecule has 22 heavy (non-hydrogen) atoms. The highest BCUT2D eigenvalue weighted by molar-refractivity contribution is 7.21. The molecule has 6 heteroatoms. The lowest BCUT2D eigenvalue weighted by Gasteiger charge is -2.08. The maximum absolute atomic E-state index is 13.4. The Labute approximate surface area is 130 Å². The van der Waals surface area contributed by atoms with E-state index in [2.05, 4.69) is 21.0 Å². The smallest absolute Gasteiger partial charge is 0.182 e. The summed E-state index contributed by atoms with van der Waals surface area (Å²) in [7, 11) is 0. The van der Waals surface area contributed by atoms with Crippen molar-refractivity contribution >= 4 is 32.4 Å². The zero-order chi connectivity index (χ0) is 15.1. The van der Waals surface area contributed by atoms with E-state index in [9.17, 15) is 4.39 Å². The molecule has 3 aromatic rings. The molecule has 0 fully saturated rings. The van der Waals surface area contributed by atoms with Crippen LogP contribution in [0.3, 0.4) is 0 Å². The van der Waals surface area contributed by atoms with E-state index in [0.29, 0.717) is 5.13 Å². The minimum Gasteiger partial charge on any atom is -0.375 e. The molecule has 2 heterocycles. The number of halogens is 1. The number of hydrogen-bond acceptors (Lipinski definition) is 5. The maximum Gasteiger partial charge on any atom is 0.182 e. The Balaban J connectivity index is 1.81. The van der Waals surface area contributed by atoms with Gasteiger partial charge in [0.25, 0.3) is 0 Å². The number of benzene rings is 1. The first kappa shape index (κ1) is 13.3. The molecule has 4 nitrogen and oxygen atoms in total. The molecular formula is C16H13FN4S. The normalized spacial score (nSPS) is 14.5. The molecule has 0 amide bonds. The van der Waals surface area contributed by atoms with Crippen LogP contribution in [0.25, 0.3) is 15.9 Å². The molecule has 0 radical (unpaired) electrons. The van der Waals surface area contributed by atoms with Crippen LogP contribution in [0, 0.1) is 5.82 Å². The maximum atomic E-state index is 13.4. The highest BCUT2D eigenvalue weighted by Gasteiger charge is 2.17. The summed E-state index contributed by atoms with van der Waals surface area (Å²) in [5.41, 5.74) is 10.7. The lowest BCUT2D eigenvalue weighted by atomic mass is 9.99. The first-order chi connectivity index (χ1) is 10.7. The Hall–Kier alpha value is -2.34. The van der Waals surface area contributed by atoms with E-state index in [1.807, 2.05) is 6.07 Å². The average molecular weight is 312 g/mol. The Morgan fingerprint density at radius 1 is 1.18 bits per heavy atom. The average Bonchev–Trinajstić information content (AvgIpc) is 2.75. The van der Waals surface area contributed by atoms with E-state index >= 15 is 0 Å². The van der Waals surface area contributed by atoms with Gasteiger partial charge in [0.1, 0.15) is 22.5 Å². The van der Waals surface area contributed by atoms with Gasteiger partial charge in [0, 0.05) is 0 Å². The Morgan fingerprint density at radius 2 is 2.09 bits per heavy atom. The van der Waals surface area contributed by atoms with Gasteiger partial charge in [-0.3, -0.25) is 0 Å². The third kappa shape index (κ3) is 2.25. The molecular weight excluding hydrogens is 299 g/mol. The zero-order valence-electron chi connectivity index (χ0n) is 11.7. The predicted octanol–water partition coefficient (Wildman–Crippen LogP) is 3.38. The fourth-order valence-corrected chi connectivity index (χ4v) is 3.54. The Bertz CT molecular complexity index is 900. The molecule has 110 valence electrons. The molecule has 0 bridgehead atoms. The van der Waals surface area contributed by atoms with Gasteiger partial charge in [-0.05, 0) is 48.1 Å². The van der Waals surface area contributed by atoms with Crippen molar-refractivity contribution in [1.82, 2.24) is 15.0 Å². The molecule has 2 aromatic heterocycles. The van der Waals surface area contributed by atoms with E-state index in [1.54, 1.807) is 12.4 Å². The number of nitrogens with two attached hydrogens (primary N) is 1. The third-order valence-electron chi connectivity index (χ3n) is 3.87. The molecule has 2 N–H and O–H groups in total. The lowest BCUT2D eigenvalue weighted by molar-refractivity contribution is 0.624. The van der Waals surface area contributed by atoms with E-state index < -0.39 is 0 Å². The van der Waals surface area contributed by atoms with E-state index in [1.165, 1.54) is 17.4 Å². The summed E-state index contributed by atoms with van der Waals surface area (Å²) in [5.74, 6) is -0.182. The van der Waals surface area contributed by atoms with Crippen LogP contribution in [-0.2, 0) is 12.8 Å². The zero-order valence-corrected chi connectivity index (χ0v) is 12.5. The van der Waals surface area contributed by atoms with Crippen molar-refractivity contribution in [2.24, 2.45) is 0 Å². The summed E-state index contributed by atoms with van der Waals surface area (Å²) < 4.78 is 13.4. The molecule has 4 rings (SSSR count). The first-order valence-corrected chi connectivity index (χ1v) is 7.86. The second kappa shape index (κ2) is 5.14. The van der Waals surface area contributed by atoms with E-state index in [4.69, 9.17) is 5.73 Å². The van der Waals surface area contributed by atoms with Crippen LogP contribution in [0.4, 0.5) is 9.52 Å². The number of allylic oxidation sites excluding steroid dienone is 2. The number of rotatable bonds is 1. The van der Waals surface area contributed by atoms with Crippen LogP contribution in [0.2, 0.25) is 0 Å². The molecule has 0 atom stereocenters. The summed E-state index contributed by atoms with van der Waals surface area (Å²) in [6.07, 6.45) is 6.13. The lowest BCUT2D eigenvalue weighted by Crippen LogP contribution is -1.97. The predicted molar refractivity (Wildman–Crippen MR) is 86.0 cm³/mol. The second-order valence-electron chi connectivity index (χ2n) is 5.29. The molecule has 0 spiro atoms. The Kier molecular flexibility index (Phi) is 3.11. The fraction of sp³-hybridized carbons (Fsp3) is 0.188. The number of fused-ring (bicyclic) bond motifs is 2. The molecule has 1 aliphatic carbocycles. The molecule has 1 aromatic carbocycles. The summed E-state index contributed by atoms with van der Waals surface area (Å²) in [5, 5.41) is 0.494. The number of aryl methyl sites for hydroxylation is 1. The van der Waals surface area contributed by atoms with Gasteiger partial charge in [-0.1, -0.05) is 23.5 Å². The van der Waals surface area contributed by atoms with Crippen molar-refractivity contribution in [2.45, 2.75) is 19.3 Å². The van der Waals surface area contributed by atoms with Gasteiger partial charge in [-0.15, -0.1) is 0 Å². The van der Waals surface area contributed by atoms with Crippen LogP contribution in [0.1, 0.15) is 23.2 Å². The standard InChI is InChI=1S/C16H13FN4S/c17-12-5-4-10-6-11(3-1-2-9(10)7-12)13-14-15(20-8-19-13)22-16(18)21-14/h3-5,7-8H,1-2,6H2,(H2,18,21). The largest absolute Gasteiger partial charge is 0.375 e. The topological polar surface area (TPSA) is 64.7 Å². The monoisotopic (exact) mass is 312 g/mol. The Morgan fingerprint density at radius 3 is 3.00 bits per heavy atom. The minimum absolute atomic E-state index is 0.182. The number of aromatic nitrogens is 3. The quantitative estimate of drug-likeness (QED) is 0.748. The number of nitrogen functional groups attached to an aromatic ring is 1. The van der Waals surface area contributed by atoms with Gasteiger partial charge >= 0.3 is 0 Å². The van der Waals surface area contributed by atoms with Crippen molar-refractivity contribution in [1.29, 1.82) is 0 Å². The van der Waals surface area contributed by atoms with Gasteiger partial charge in [-0.25, -0.2) is 19.3 Å². The highest BCUT2D eigenvalue weighted by Crippen LogP contribution is 2.31. The van der Waals surface area contributed by atoms with Crippen LogP contribution < -0.4 is 5.73 Å². The molecule has 1 aliphatic rings. The van der Waals surface area contributed by atoms with E-state index in [0.717, 1.165) is 52.0 Å². The molecule has 0 aliphatic heterocycles. The van der Waals surface area contributed by atoms with Crippen LogP contribution in [-0.4, -0.2) is 15.0 Å². The summed E-state index contributed by atoms with van der Waals surface area (Å²) >= 11 is 1.36. The SMILES string of the molecule is Nc1nc2c(C3=CCCc4cc(F)ccc4C3)ncnc2s1. The third-order valence-corrected chi connectivity index (χ3v) is 4.66. The van der Waals surface area contributed by atoms with Crippen molar-refractivity contribution in [2.75, 3.05) is 5.73 Å². The number of thiazole rings is 1. The van der Waals surface area contributed by atoms with Gasteiger partial charge in [-0.2, -0.15) is 0 Å². The number of anilines is 1. The second-order valence-corrected chi connectivity index (χ2v) is 6.30. The highest BCUT2D eigenvalue weighted by atomic mass is 32.1. The summed E-state index contributed by atoms with van der Waals surface area (Å²) in [6.45, 7) is 0.